The van der Waals surface area contributed by atoms with E-state index < -0.39 is 23.9 Å². The zero-order chi connectivity index (χ0) is 60.1. The summed E-state index contributed by atoms with van der Waals surface area (Å²) in [5, 5.41) is 11.7. The van der Waals surface area contributed by atoms with Gasteiger partial charge in [0.05, 0.1) is 11.4 Å². The van der Waals surface area contributed by atoms with Crippen LogP contribution in [0.1, 0.15) is 110 Å². The number of aldehydes is 1. The van der Waals surface area contributed by atoms with Crippen molar-refractivity contribution >= 4 is 74.6 Å². The molecule has 0 radical (unpaired) electrons. The Bertz CT molecular complexity index is 3940. The second kappa shape index (κ2) is 25.6. The number of piperidine rings is 4. The van der Waals surface area contributed by atoms with Crippen molar-refractivity contribution in [2.45, 2.75) is 95.0 Å². The van der Waals surface area contributed by atoms with Crippen LogP contribution in [0, 0.1) is 11.6 Å². The predicted octanol–water partition coefficient (Wildman–Crippen LogP) is 10.3. The molecule has 442 valence electrons. The maximum Gasteiger partial charge on any atom is 0.259 e. The molecule has 87 heavy (non-hydrogen) atoms. The minimum atomic E-state index is -0.688. The number of hydrogen-bond donors (Lipinski definition) is 3. The highest BCUT2D eigenvalue weighted by atomic mass is 19.1. The van der Waals surface area contributed by atoms with Crippen LogP contribution in [0.2, 0.25) is 0 Å². The molecule has 6 aliphatic rings. The summed E-state index contributed by atoms with van der Waals surface area (Å²) in [4.78, 5) is 91.3. The molecule has 6 aliphatic heterocycles. The van der Waals surface area contributed by atoms with Crippen molar-refractivity contribution in [2.24, 2.45) is 0 Å². The maximum atomic E-state index is 13.4. The van der Waals surface area contributed by atoms with E-state index in [9.17, 15) is 42.3 Å². The van der Waals surface area contributed by atoms with Gasteiger partial charge in [-0.1, -0.05) is 84.9 Å². The lowest BCUT2D eigenvalue weighted by Gasteiger charge is -2.32. The quantitative estimate of drug-likeness (QED) is 0.0738. The minimum Gasteiger partial charge on any atom is -0.490 e. The van der Waals surface area contributed by atoms with Crippen LogP contribution in [0.3, 0.4) is 0 Å². The fraction of sp³-hybridized carbons (Fsp3) is 0.271. The van der Waals surface area contributed by atoms with Gasteiger partial charge in [-0.25, -0.2) is 8.78 Å². The van der Waals surface area contributed by atoms with Gasteiger partial charge in [0.2, 0.25) is 23.6 Å². The largest absolute Gasteiger partial charge is 0.490 e. The summed E-state index contributed by atoms with van der Waals surface area (Å²) in [6.45, 7) is 4.78. The Morgan fingerprint density at radius 3 is 1.37 bits per heavy atom. The Balaban J connectivity index is 0.000000144. The van der Waals surface area contributed by atoms with Crippen LogP contribution in [0.25, 0.3) is 21.5 Å². The van der Waals surface area contributed by atoms with Gasteiger partial charge in [0.1, 0.15) is 53.7 Å². The Morgan fingerprint density at radius 2 is 0.920 bits per heavy atom. The smallest absolute Gasteiger partial charge is 0.259 e. The molecular weight excluding hydrogens is 1110 g/mol. The van der Waals surface area contributed by atoms with Crippen LogP contribution in [-0.2, 0) is 38.6 Å². The monoisotopic (exact) mass is 1170 g/mol. The molecule has 0 bridgehead atoms. The minimum absolute atomic E-state index is 0.147. The second-order valence-electron chi connectivity index (χ2n) is 22.8. The summed E-state index contributed by atoms with van der Waals surface area (Å²) in [5.41, 5.74) is 8.93. The van der Waals surface area contributed by atoms with Gasteiger partial charge in [0.25, 0.3) is 11.8 Å². The SMILES string of the molecule is Fc1ccc(OC2CCNCC2)cc1.O=C1CCC(N2C(=O)c3cccc4c(Cc5ccc(CN6CCC(Oc7ccc(F)cc7)CC6)cc5)ccc2c34)C(=O)N1.O=Cc1ccc(Cc2ccc3c4c(cccc24)C(=O)N3C2CCC(=O)NC2=O)cc1. The third-order valence-corrected chi connectivity index (χ3v) is 17.1. The summed E-state index contributed by atoms with van der Waals surface area (Å²) < 4.78 is 37.5. The predicted molar refractivity (Wildman–Crippen MR) is 326 cm³/mol. The Labute approximate surface area is 501 Å². The molecule has 2 unspecified atom stereocenters. The lowest BCUT2D eigenvalue weighted by atomic mass is 9.95. The number of imide groups is 2. The number of carbonyl (C=O) groups excluding carboxylic acids is 7. The highest BCUT2D eigenvalue weighted by Gasteiger charge is 2.42. The number of anilines is 2. The first kappa shape index (κ1) is 58.0. The molecule has 15 nitrogen and oxygen atoms in total. The van der Waals surface area contributed by atoms with Crippen LogP contribution in [0.4, 0.5) is 20.2 Å². The average Bonchev–Trinajstić information content (AvgIpc) is 1.64. The molecule has 6 amide bonds. The van der Waals surface area contributed by atoms with Gasteiger partial charge < -0.3 is 14.8 Å². The molecule has 8 aromatic rings. The Morgan fingerprint density at radius 1 is 0.483 bits per heavy atom. The Hall–Kier alpha value is -9.45. The van der Waals surface area contributed by atoms with Gasteiger partial charge in [-0.2, -0.15) is 0 Å². The number of carbonyl (C=O) groups is 7. The number of ether oxygens (including phenoxy) is 2. The molecule has 4 saturated heterocycles. The van der Waals surface area contributed by atoms with Crippen molar-refractivity contribution in [3.63, 3.8) is 0 Å². The fourth-order valence-electron chi connectivity index (χ4n) is 12.6. The summed E-state index contributed by atoms with van der Waals surface area (Å²) in [6, 6.07) is 46.4. The first-order valence-corrected chi connectivity index (χ1v) is 29.7. The van der Waals surface area contributed by atoms with Gasteiger partial charge in [0, 0.05) is 59.9 Å². The van der Waals surface area contributed by atoms with Crippen LogP contribution in [0.5, 0.6) is 11.5 Å². The topological polar surface area (TPSA) is 184 Å². The first-order chi connectivity index (χ1) is 42.3. The summed E-state index contributed by atoms with van der Waals surface area (Å²) in [7, 11) is 0. The molecule has 0 aromatic heterocycles. The standard InChI is InChI=1S/C35H32FN3O4.C24H18N2O4.C11H14FNO/c36-25-9-11-26(12-10-25)43-27-16-18-38(19-17-27)21-23-6-4-22(5-7-23)20-24-8-13-30-33-28(24)2-1-3-29(33)35(42)39(30)31-14-15-32(40)37-34(31)41;27-13-15-6-4-14(5-7-15)12-16-8-9-19-22-17(16)2-1-3-18(22)24(30)26(19)20-10-11-21(28)25-23(20)29;12-9-1-3-10(4-2-9)14-11-5-7-13-8-6-11/h1-13,27,31H,14-21H2,(H,37,40,41);1-9,13,20H,10-12H2,(H,25,28,29);1-4,11,13H,5-8H2. The number of nitrogens with one attached hydrogen (secondary N) is 3. The van der Waals surface area contributed by atoms with Crippen LogP contribution >= 0.6 is 0 Å². The molecule has 0 spiro atoms. The molecule has 0 aliphatic carbocycles. The molecule has 6 heterocycles. The van der Waals surface area contributed by atoms with E-state index in [0.29, 0.717) is 47.4 Å². The van der Waals surface area contributed by atoms with Gasteiger partial charge in [-0.15, -0.1) is 0 Å². The summed E-state index contributed by atoms with van der Waals surface area (Å²) in [6.07, 6.45) is 7.62. The van der Waals surface area contributed by atoms with Crippen LogP contribution in [0.15, 0.2) is 158 Å². The number of nitrogens with zero attached hydrogens (tertiary/aromatic N) is 3. The van der Waals surface area contributed by atoms with E-state index in [1.807, 2.05) is 66.7 Å². The summed E-state index contributed by atoms with van der Waals surface area (Å²) >= 11 is 0. The van der Waals surface area contributed by atoms with Gasteiger partial charge in [-0.05, 0) is 176 Å². The van der Waals surface area contributed by atoms with Gasteiger partial charge in [0.15, 0.2) is 0 Å². The number of likely N-dealkylation sites (tertiary alicyclic amines) is 1. The number of benzene rings is 8. The highest BCUT2D eigenvalue weighted by molar-refractivity contribution is 6.28. The van der Waals surface area contributed by atoms with Gasteiger partial charge in [-0.3, -0.25) is 58.9 Å². The third kappa shape index (κ3) is 12.8. The van der Waals surface area contributed by atoms with Crippen molar-refractivity contribution < 1.29 is 51.8 Å². The van der Waals surface area contributed by atoms with Crippen molar-refractivity contribution in [1.29, 1.82) is 0 Å². The molecular formula is C70H64F2N6O9. The van der Waals surface area contributed by atoms with E-state index in [4.69, 9.17) is 9.47 Å². The first-order valence-electron chi connectivity index (χ1n) is 29.7. The van der Waals surface area contributed by atoms with Crippen molar-refractivity contribution in [3.8, 4) is 11.5 Å². The lowest BCUT2D eigenvalue weighted by Crippen LogP contribution is -2.53. The fourth-order valence-corrected chi connectivity index (χ4v) is 12.6. The van der Waals surface area contributed by atoms with Gasteiger partial charge >= 0.3 is 0 Å². The van der Waals surface area contributed by atoms with Crippen molar-refractivity contribution in [1.82, 2.24) is 20.9 Å². The van der Waals surface area contributed by atoms with E-state index in [0.717, 1.165) is 121 Å². The van der Waals surface area contributed by atoms with Crippen LogP contribution < -0.4 is 35.2 Å². The molecule has 3 N–H and O–H groups in total. The van der Waals surface area contributed by atoms with Crippen molar-refractivity contribution in [3.05, 3.63) is 214 Å². The summed E-state index contributed by atoms with van der Waals surface area (Å²) in [5.74, 6) is -0.850. The molecule has 2 atom stereocenters. The van der Waals surface area contributed by atoms with Crippen LogP contribution in [-0.4, -0.2) is 97.1 Å². The normalized spacial score (nSPS) is 18.6. The number of halogens is 2. The van der Waals surface area contributed by atoms with Crippen molar-refractivity contribution in [2.75, 3.05) is 36.0 Å². The number of amides is 6. The van der Waals surface area contributed by atoms with E-state index in [-0.39, 0.29) is 60.3 Å². The number of hydrogen-bond acceptors (Lipinski definition) is 11. The zero-order valence-corrected chi connectivity index (χ0v) is 47.8. The Kier molecular flexibility index (Phi) is 17.1. The molecule has 4 fully saturated rings. The van der Waals surface area contributed by atoms with E-state index >= 15 is 0 Å². The molecule has 14 rings (SSSR count). The average molecular weight is 1170 g/mol. The second-order valence-corrected chi connectivity index (χ2v) is 22.8. The maximum absolute atomic E-state index is 13.4. The lowest BCUT2D eigenvalue weighted by molar-refractivity contribution is -0.135. The highest BCUT2D eigenvalue weighted by Crippen LogP contribution is 2.43. The van der Waals surface area contributed by atoms with E-state index in [2.05, 4.69) is 45.1 Å². The third-order valence-electron chi connectivity index (χ3n) is 17.1. The number of rotatable bonds is 13. The van der Waals surface area contributed by atoms with E-state index in [1.54, 1.807) is 47.4 Å². The molecule has 8 aromatic carbocycles. The zero-order valence-electron chi connectivity index (χ0n) is 47.8. The van der Waals surface area contributed by atoms with E-state index in [1.165, 1.54) is 40.3 Å². The molecule has 0 saturated carbocycles. The molecule has 17 heteroatoms.